The Labute approximate surface area is 118 Å². The van der Waals surface area contributed by atoms with Gasteiger partial charge in [-0.15, -0.1) is 10.2 Å². The monoisotopic (exact) mass is 301 g/mol. The molecule has 19 heavy (non-hydrogen) atoms. The number of aromatic nitrogens is 4. The molecule has 0 aliphatic heterocycles. The van der Waals surface area contributed by atoms with Crippen LogP contribution in [0.3, 0.4) is 0 Å². The van der Waals surface area contributed by atoms with Crippen molar-refractivity contribution in [3.05, 3.63) is 40.1 Å². The number of nitrogens with zero attached hydrogens (tertiary/aromatic N) is 4. The summed E-state index contributed by atoms with van der Waals surface area (Å²) in [4.78, 5) is 12.2. The highest BCUT2D eigenvalue weighted by atomic mass is 35.5. The van der Waals surface area contributed by atoms with Crippen molar-refractivity contribution >= 4 is 29.3 Å². The van der Waals surface area contributed by atoms with Crippen LogP contribution in [0.2, 0.25) is 10.0 Å². The summed E-state index contributed by atoms with van der Waals surface area (Å²) in [7, 11) is 0. The molecule has 0 radical (unpaired) electrons. The number of tetrazole rings is 1. The highest BCUT2D eigenvalue weighted by Crippen LogP contribution is 2.33. The van der Waals surface area contributed by atoms with Crippen molar-refractivity contribution in [3.8, 4) is 0 Å². The number of amides is 1. The third-order valence-corrected chi connectivity index (χ3v) is 2.96. The Hall–Kier alpha value is -1.86. The first-order chi connectivity index (χ1) is 9.08. The predicted molar refractivity (Wildman–Crippen MR) is 67.7 cm³/mol. The van der Waals surface area contributed by atoms with E-state index < -0.39 is 12.2 Å². The van der Waals surface area contributed by atoms with Gasteiger partial charge in [0, 0.05) is 15.6 Å². The van der Waals surface area contributed by atoms with E-state index in [1.807, 2.05) is 0 Å². The number of nitrogens with two attached hydrogens (primary N) is 1. The van der Waals surface area contributed by atoms with Crippen LogP contribution in [-0.2, 0) is 11.3 Å². The molecule has 1 unspecified atom stereocenters. The molecule has 0 fully saturated rings. The average Bonchev–Trinajstić information content (AvgIpc) is 2.80. The number of ether oxygens (including phenoxy) is 1. The maximum absolute atomic E-state index is 11.0. The first-order valence-corrected chi connectivity index (χ1v) is 5.94. The number of rotatable bonds is 4. The summed E-state index contributed by atoms with van der Waals surface area (Å²) in [6.07, 6.45) is -0.482. The lowest BCUT2D eigenvalue weighted by atomic mass is 10.1. The molecule has 2 aromatic rings. The fourth-order valence-electron chi connectivity index (χ4n) is 1.57. The first-order valence-electron chi connectivity index (χ1n) is 5.18. The Morgan fingerprint density at radius 3 is 2.63 bits per heavy atom. The van der Waals surface area contributed by atoms with Crippen molar-refractivity contribution in [2.75, 3.05) is 0 Å². The molecule has 0 bridgehead atoms. The minimum absolute atomic E-state index is 0.104. The molecule has 2 rings (SSSR count). The number of carbonyl (C=O) groups is 1. The molecule has 7 nitrogen and oxygen atoms in total. The molecule has 0 spiro atoms. The maximum atomic E-state index is 11.0. The molecule has 2 N–H and O–H groups in total. The van der Waals surface area contributed by atoms with Crippen LogP contribution in [0.5, 0.6) is 0 Å². The second kappa shape index (κ2) is 5.85. The molecular weight excluding hydrogens is 293 g/mol. The predicted octanol–water partition coefficient (Wildman–Crippen LogP) is 1.82. The van der Waals surface area contributed by atoms with Gasteiger partial charge >= 0.3 is 6.09 Å². The van der Waals surface area contributed by atoms with Gasteiger partial charge in [-0.05, 0) is 17.3 Å². The Kier molecular flexibility index (Phi) is 4.18. The van der Waals surface area contributed by atoms with Crippen molar-refractivity contribution in [2.24, 2.45) is 5.73 Å². The van der Waals surface area contributed by atoms with Crippen LogP contribution in [0.4, 0.5) is 4.79 Å². The van der Waals surface area contributed by atoms with Crippen LogP contribution in [0.1, 0.15) is 11.7 Å². The van der Waals surface area contributed by atoms with E-state index in [0.29, 0.717) is 15.6 Å². The summed E-state index contributed by atoms with van der Waals surface area (Å²) in [5.41, 5.74) is 5.49. The third-order valence-electron chi connectivity index (χ3n) is 2.30. The van der Waals surface area contributed by atoms with E-state index in [0.717, 1.165) is 0 Å². The van der Waals surface area contributed by atoms with Gasteiger partial charge in [0.1, 0.15) is 6.54 Å². The topological polar surface area (TPSA) is 95.9 Å². The van der Waals surface area contributed by atoms with Crippen LogP contribution in [0.15, 0.2) is 24.5 Å². The zero-order valence-electron chi connectivity index (χ0n) is 9.53. The van der Waals surface area contributed by atoms with Gasteiger partial charge in [0.2, 0.25) is 0 Å². The van der Waals surface area contributed by atoms with Gasteiger partial charge in [-0.1, -0.05) is 29.3 Å². The van der Waals surface area contributed by atoms with Gasteiger partial charge in [0.15, 0.2) is 12.4 Å². The minimum atomic E-state index is -0.943. The van der Waals surface area contributed by atoms with Crippen molar-refractivity contribution in [2.45, 2.75) is 12.6 Å². The Morgan fingerprint density at radius 2 is 2.11 bits per heavy atom. The first kappa shape index (κ1) is 13.6. The van der Waals surface area contributed by atoms with Gasteiger partial charge in [-0.25, -0.2) is 4.79 Å². The average molecular weight is 302 g/mol. The SMILES string of the molecule is NC(=O)OC(Cn1ncnn1)c1c(Cl)cccc1Cl. The summed E-state index contributed by atoms with van der Waals surface area (Å²) in [6.45, 7) is 0.104. The van der Waals surface area contributed by atoms with E-state index in [9.17, 15) is 4.79 Å². The lowest BCUT2D eigenvalue weighted by Crippen LogP contribution is -2.22. The second-order valence-corrected chi connectivity index (χ2v) is 4.37. The standard InChI is InChI=1S/C10H9Cl2N5O2/c11-6-2-1-3-7(12)9(6)8(19-10(13)18)4-17-15-5-14-16-17/h1-3,5,8H,4H2,(H2,13,18). The van der Waals surface area contributed by atoms with E-state index in [2.05, 4.69) is 15.4 Å². The molecule has 0 aliphatic carbocycles. The van der Waals surface area contributed by atoms with Crippen LogP contribution < -0.4 is 5.73 Å². The van der Waals surface area contributed by atoms with Crippen LogP contribution in [-0.4, -0.2) is 26.3 Å². The minimum Gasteiger partial charge on any atom is -0.439 e. The van der Waals surface area contributed by atoms with Crippen molar-refractivity contribution in [3.63, 3.8) is 0 Å². The van der Waals surface area contributed by atoms with Crippen LogP contribution in [0.25, 0.3) is 0 Å². The van der Waals surface area contributed by atoms with E-state index in [1.54, 1.807) is 18.2 Å². The number of hydrogen-bond acceptors (Lipinski definition) is 5. The highest BCUT2D eigenvalue weighted by Gasteiger charge is 2.22. The van der Waals surface area contributed by atoms with Gasteiger partial charge in [-0.3, -0.25) is 0 Å². The van der Waals surface area contributed by atoms with E-state index in [4.69, 9.17) is 33.7 Å². The zero-order chi connectivity index (χ0) is 13.8. The van der Waals surface area contributed by atoms with Crippen molar-refractivity contribution < 1.29 is 9.53 Å². The largest absolute Gasteiger partial charge is 0.439 e. The number of primary amides is 1. The summed E-state index contributed by atoms with van der Waals surface area (Å²) >= 11 is 12.1. The smallest absolute Gasteiger partial charge is 0.405 e. The van der Waals surface area contributed by atoms with Crippen LogP contribution >= 0.6 is 23.2 Å². The molecule has 0 saturated heterocycles. The molecular formula is C10H9Cl2N5O2. The molecule has 1 heterocycles. The van der Waals surface area contributed by atoms with Gasteiger partial charge in [-0.2, -0.15) is 4.80 Å². The molecule has 100 valence electrons. The van der Waals surface area contributed by atoms with Crippen molar-refractivity contribution in [1.29, 1.82) is 0 Å². The lowest BCUT2D eigenvalue weighted by Gasteiger charge is -2.18. The summed E-state index contributed by atoms with van der Waals surface area (Å²) in [5, 5.41) is 11.8. The highest BCUT2D eigenvalue weighted by molar-refractivity contribution is 6.36. The molecule has 1 amide bonds. The van der Waals surface area contributed by atoms with E-state index >= 15 is 0 Å². The third kappa shape index (κ3) is 3.33. The fraction of sp³-hybridized carbons (Fsp3) is 0.200. The molecule has 1 atom stereocenters. The Balaban J connectivity index is 2.34. The second-order valence-electron chi connectivity index (χ2n) is 3.55. The quantitative estimate of drug-likeness (QED) is 0.929. The summed E-state index contributed by atoms with van der Waals surface area (Å²) in [5.74, 6) is 0. The van der Waals surface area contributed by atoms with E-state index in [-0.39, 0.29) is 6.54 Å². The lowest BCUT2D eigenvalue weighted by molar-refractivity contribution is 0.0902. The molecule has 1 aromatic carbocycles. The number of carbonyl (C=O) groups excluding carboxylic acids is 1. The van der Waals surface area contributed by atoms with Gasteiger partial charge < -0.3 is 10.5 Å². The molecule has 0 saturated carbocycles. The van der Waals surface area contributed by atoms with Crippen LogP contribution in [0, 0.1) is 0 Å². The maximum Gasteiger partial charge on any atom is 0.405 e. The number of benzene rings is 1. The number of hydrogen-bond donors (Lipinski definition) is 1. The summed E-state index contributed by atoms with van der Waals surface area (Å²) in [6, 6.07) is 4.95. The molecule has 9 heteroatoms. The zero-order valence-corrected chi connectivity index (χ0v) is 11.0. The summed E-state index contributed by atoms with van der Waals surface area (Å²) < 4.78 is 5.01. The van der Waals surface area contributed by atoms with E-state index in [1.165, 1.54) is 11.1 Å². The number of halogens is 2. The molecule has 1 aromatic heterocycles. The Morgan fingerprint density at radius 1 is 1.42 bits per heavy atom. The van der Waals surface area contributed by atoms with Crippen molar-refractivity contribution in [1.82, 2.24) is 20.2 Å². The Bertz CT molecular complexity index is 555. The fourth-order valence-corrected chi connectivity index (χ4v) is 2.21. The molecule has 0 aliphatic rings. The van der Waals surface area contributed by atoms with Gasteiger partial charge in [0.25, 0.3) is 0 Å². The normalized spacial score (nSPS) is 12.1. The van der Waals surface area contributed by atoms with Gasteiger partial charge in [0.05, 0.1) is 0 Å².